The zero-order valence-corrected chi connectivity index (χ0v) is 8.20. The maximum atomic E-state index is 12.1. The fraction of sp³-hybridized carbons (Fsp3) is 0.500. The number of allylic oxidation sites excluding steroid dienone is 3. The minimum absolute atomic E-state index is 0.182. The van der Waals surface area contributed by atoms with E-state index in [2.05, 4.69) is 0 Å². The molecule has 2 nitrogen and oxygen atoms in total. The Morgan fingerprint density at radius 2 is 2.17 bits per heavy atom. The van der Waals surface area contributed by atoms with E-state index >= 15 is 0 Å². The molecule has 0 fully saturated rings. The summed E-state index contributed by atoms with van der Waals surface area (Å²) in [7, 11) is 1.82. The maximum absolute atomic E-state index is 12.1. The van der Waals surface area contributed by atoms with Gasteiger partial charge >= 0.3 is 0 Å². The zero-order valence-electron chi connectivity index (χ0n) is 7.39. The van der Waals surface area contributed by atoms with Gasteiger partial charge in [0.2, 0.25) is 0 Å². The Labute approximate surface area is 75.8 Å². The lowest BCUT2D eigenvalue weighted by atomic mass is 10.4. The topological polar surface area (TPSA) is 23.5 Å². The summed E-state index contributed by atoms with van der Waals surface area (Å²) < 4.78 is 12.1. The summed E-state index contributed by atoms with van der Waals surface area (Å²) >= 11 is 1.41. The van der Waals surface area contributed by atoms with Crippen LogP contribution < -0.4 is 0 Å². The van der Waals surface area contributed by atoms with E-state index < -0.39 is 6.67 Å². The van der Waals surface area contributed by atoms with E-state index in [0.29, 0.717) is 5.03 Å². The Morgan fingerprint density at radius 3 is 2.50 bits per heavy atom. The first kappa shape index (κ1) is 9.45. The van der Waals surface area contributed by atoms with Gasteiger partial charge in [0.25, 0.3) is 0 Å². The molecule has 0 radical (unpaired) electrons. The number of halogens is 1. The molecule has 0 aromatic carbocycles. The van der Waals surface area contributed by atoms with Gasteiger partial charge in [-0.2, -0.15) is 0 Å². The minimum atomic E-state index is -0.798. The van der Waals surface area contributed by atoms with Crippen LogP contribution in [0.1, 0.15) is 13.8 Å². The second kappa shape index (κ2) is 3.39. The summed E-state index contributed by atoms with van der Waals surface area (Å²) in [6, 6.07) is 0. The first-order chi connectivity index (χ1) is 5.57. The summed E-state index contributed by atoms with van der Waals surface area (Å²) in [6.07, 6.45) is 0. The van der Waals surface area contributed by atoms with Crippen LogP contribution in [0.4, 0.5) is 4.39 Å². The molecule has 0 spiro atoms. The summed E-state index contributed by atoms with van der Waals surface area (Å²) in [5.41, 5.74) is 1.06. The monoisotopic (exact) mass is 189 g/mol. The number of aliphatic hydroxyl groups excluding tert-OH is 1. The number of rotatable bonds is 1. The van der Waals surface area contributed by atoms with Crippen molar-refractivity contribution in [1.82, 2.24) is 4.90 Å². The molecule has 0 aromatic heterocycles. The van der Waals surface area contributed by atoms with Crippen molar-refractivity contribution in [2.24, 2.45) is 0 Å². The first-order valence-electron chi connectivity index (χ1n) is 3.65. The van der Waals surface area contributed by atoms with E-state index in [1.165, 1.54) is 11.8 Å². The molecule has 0 aromatic rings. The van der Waals surface area contributed by atoms with Crippen LogP contribution in [0.25, 0.3) is 0 Å². The lowest BCUT2D eigenvalue weighted by Gasteiger charge is -2.14. The number of hydrogen-bond acceptors (Lipinski definition) is 3. The zero-order chi connectivity index (χ0) is 9.30. The quantitative estimate of drug-likeness (QED) is 0.641. The Balaban J connectivity index is 2.93. The minimum Gasteiger partial charge on any atom is -0.507 e. The third-order valence-corrected chi connectivity index (χ3v) is 3.24. The van der Waals surface area contributed by atoms with Crippen molar-refractivity contribution in [2.45, 2.75) is 13.8 Å². The van der Waals surface area contributed by atoms with E-state index in [0.717, 1.165) is 10.6 Å². The second-order valence-electron chi connectivity index (χ2n) is 2.69. The second-order valence-corrected chi connectivity index (χ2v) is 3.89. The lowest BCUT2D eigenvalue weighted by molar-refractivity contribution is 0.327. The summed E-state index contributed by atoms with van der Waals surface area (Å²) in [6.45, 7) is 3.10. The van der Waals surface area contributed by atoms with Crippen LogP contribution in [0.2, 0.25) is 0 Å². The molecular formula is C8H12FNOS. The predicted octanol–water partition coefficient (Wildman–Crippen LogP) is 2.61. The van der Waals surface area contributed by atoms with Crippen LogP contribution in [0, 0.1) is 0 Å². The predicted molar refractivity (Wildman–Crippen MR) is 49.4 cm³/mol. The smallest absolute Gasteiger partial charge is 0.154 e. The number of alkyl halides is 1. The van der Waals surface area contributed by atoms with Crippen molar-refractivity contribution in [3.63, 3.8) is 0 Å². The number of aliphatic hydroxyl groups is 1. The summed E-state index contributed by atoms with van der Waals surface area (Å²) in [5, 5.41) is 9.78. The van der Waals surface area contributed by atoms with Crippen LogP contribution in [0.15, 0.2) is 21.4 Å². The SMILES string of the molecule is CC1=C(C)N(C)/C(=C(/O)CF)S1. The fourth-order valence-corrected chi connectivity index (χ4v) is 2.01. The molecule has 12 heavy (non-hydrogen) atoms. The highest BCUT2D eigenvalue weighted by atomic mass is 32.2. The molecule has 68 valence electrons. The van der Waals surface area contributed by atoms with Gasteiger partial charge in [0.05, 0.1) is 0 Å². The standard InChI is InChI=1S/C8H12FNOS/c1-5-6(2)12-8(10(5)3)7(11)4-9/h11H,4H2,1-3H3/b8-7-. The molecule has 4 heteroatoms. The molecule has 0 atom stereocenters. The number of thioether (sulfide) groups is 1. The van der Waals surface area contributed by atoms with Crippen LogP contribution in [-0.2, 0) is 0 Å². The molecule has 1 aliphatic heterocycles. The summed E-state index contributed by atoms with van der Waals surface area (Å²) in [4.78, 5) is 2.90. The number of nitrogens with zero attached hydrogens (tertiary/aromatic N) is 1. The molecule has 0 bridgehead atoms. The Bertz CT molecular complexity index is 260. The molecule has 1 rings (SSSR count). The van der Waals surface area contributed by atoms with Gasteiger partial charge in [0, 0.05) is 17.6 Å². The average Bonchev–Trinajstić information content (AvgIpc) is 2.32. The molecule has 0 saturated heterocycles. The normalized spacial score (nSPS) is 22.2. The van der Waals surface area contributed by atoms with Crippen molar-refractivity contribution in [3.05, 3.63) is 21.4 Å². The van der Waals surface area contributed by atoms with Crippen molar-refractivity contribution >= 4 is 11.8 Å². The van der Waals surface area contributed by atoms with Crippen LogP contribution in [0.3, 0.4) is 0 Å². The van der Waals surface area contributed by atoms with Gasteiger partial charge in [0.15, 0.2) is 5.76 Å². The van der Waals surface area contributed by atoms with Crippen LogP contribution in [0.5, 0.6) is 0 Å². The van der Waals surface area contributed by atoms with Crippen LogP contribution >= 0.6 is 11.8 Å². The molecule has 0 amide bonds. The molecule has 1 aliphatic rings. The third kappa shape index (κ3) is 1.43. The number of hydrogen-bond donors (Lipinski definition) is 1. The largest absolute Gasteiger partial charge is 0.507 e. The van der Waals surface area contributed by atoms with E-state index in [9.17, 15) is 9.50 Å². The van der Waals surface area contributed by atoms with E-state index in [1.54, 1.807) is 4.90 Å². The van der Waals surface area contributed by atoms with Crippen molar-refractivity contribution in [1.29, 1.82) is 0 Å². The van der Waals surface area contributed by atoms with Gasteiger partial charge in [-0.1, -0.05) is 11.8 Å². The van der Waals surface area contributed by atoms with Gasteiger partial charge < -0.3 is 10.0 Å². The molecule has 1 N–H and O–H groups in total. The Morgan fingerprint density at radius 1 is 1.58 bits per heavy atom. The van der Waals surface area contributed by atoms with E-state index in [-0.39, 0.29) is 5.76 Å². The fourth-order valence-electron chi connectivity index (χ4n) is 0.985. The molecular weight excluding hydrogens is 177 g/mol. The summed E-state index contributed by atoms with van der Waals surface area (Å²) in [5.74, 6) is -0.182. The van der Waals surface area contributed by atoms with Gasteiger partial charge in [0.1, 0.15) is 11.7 Å². The highest BCUT2D eigenvalue weighted by Gasteiger charge is 2.22. The van der Waals surface area contributed by atoms with Crippen molar-refractivity contribution < 1.29 is 9.50 Å². The Kier molecular flexibility index (Phi) is 2.67. The van der Waals surface area contributed by atoms with E-state index in [1.807, 2.05) is 20.9 Å². The van der Waals surface area contributed by atoms with E-state index in [4.69, 9.17) is 0 Å². The first-order valence-corrected chi connectivity index (χ1v) is 4.46. The Hall–Kier alpha value is -0.640. The van der Waals surface area contributed by atoms with Gasteiger partial charge in [-0.3, -0.25) is 0 Å². The van der Waals surface area contributed by atoms with Crippen LogP contribution in [-0.4, -0.2) is 23.7 Å². The molecule has 0 aliphatic carbocycles. The highest BCUT2D eigenvalue weighted by molar-refractivity contribution is 8.06. The highest BCUT2D eigenvalue weighted by Crippen LogP contribution is 2.40. The average molecular weight is 189 g/mol. The third-order valence-electron chi connectivity index (χ3n) is 1.94. The maximum Gasteiger partial charge on any atom is 0.154 e. The van der Waals surface area contributed by atoms with Gasteiger partial charge in [-0.25, -0.2) is 4.39 Å². The lowest BCUT2D eigenvalue weighted by Crippen LogP contribution is -2.11. The molecule has 0 unspecified atom stereocenters. The van der Waals surface area contributed by atoms with Gasteiger partial charge in [-0.05, 0) is 13.8 Å². The van der Waals surface area contributed by atoms with Crippen molar-refractivity contribution in [2.75, 3.05) is 13.7 Å². The molecule has 0 saturated carbocycles. The molecule has 1 heterocycles. The van der Waals surface area contributed by atoms with Crippen molar-refractivity contribution in [3.8, 4) is 0 Å². The van der Waals surface area contributed by atoms with Gasteiger partial charge in [-0.15, -0.1) is 0 Å².